The normalized spacial score (nSPS) is 27.9. The Balaban J connectivity index is 1.50. The summed E-state index contributed by atoms with van der Waals surface area (Å²) in [6, 6.07) is 17.8. The van der Waals surface area contributed by atoms with Crippen molar-refractivity contribution in [2.24, 2.45) is 11.8 Å². The first-order valence-electron chi connectivity index (χ1n) is 9.20. The molecule has 4 rings (SSSR count). The summed E-state index contributed by atoms with van der Waals surface area (Å²) in [5.41, 5.74) is 2.12. The van der Waals surface area contributed by atoms with Gasteiger partial charge in [0.25, 0.3) is 0 Å². The molecule has 0 radical (unpaired) electrons. The lowest BCUT2D eigenvalue weighted by Crippen LogP contribution is -2.34. The molecule has 2 aromatic carbocycles. The third kappa shape index (κ3) is 2.98. The largest absolute Gasteiger partial charge is 0.497 e. The van der Waals surface area contributed by atoms with Gasteiger partial charge in [-0.05, 0) is 54.2 Å². The fourth-order valence-electron chi connectivity index (χ4n) is 4.71. The van der Waals surface area contributed by atoms with Gasteiger partial charge in [0.15, 0.2) is 0 Å². The maximum Gasteiger partial charge on any atom is 0.119 e. The van der Waals surface area contributed by atoms with E-state index in [4.69, 9.17) is 10.00 Å². The van der Waals surface area contributed by atoms with Gasteiger partial charge in [-0.15, -0.1) is 0 Å². The quantitative estimate of drug-likeness (QED) is 0.921. The van der Waals surface area contributed by atoms with Crippen LogP contribution in [0.25, 0.3) is 0 Å². The highest BCUT2D eigenvalue weighted by Crippen LogP contribution is 2.51. The van der Waals surface area contributed by atoms with Gasteiger partial charge in [0, 0.05) is 25.6 Å². The first-order chi connectivity index (χ1) is 12.6. The molecule has 1 saturated carbocycles. The van der Waals surface area contributed by atoms with Crippen LogP contribution in [0.2, 0.25) is 0 Å². The summed E-state index contributed by atoms with van der Waals surface area (Å²) in [5, 5.41) is 20.4. The second-order valence-electron chi connectivity index (χ2n) is 7.56. The van der Waals surface area contributed by atoms with E-state index in [1.165, 1.54) is 5.56 Å². The number of fused-ring (bicyclic) bond motifs is 1. The molecule has 0 amide bonds. The number of nitriles is 1. The van der Waals surface area contributed by atoms with E-state index in [0.717, 1.165) is 43.8 Å². The fraction of sp³-hybridized carbons (Fsp3) is 0.409. The minimum atomic E-state index is -0.765. The summed E-state index contributed by atoms with van der Waals surface area (Å²) in [6.07, 6.45) is 1.88. The SMILES string of the molecule is COc1cccc(C2(O)CCC3CN(Cc4ccc(C#N)cc4)CC32)c1. The van der Waals surface area contributed by atoms with Crippen molar-refractivity contribution in [2.45, 2.75) is 25.0 Å². The summed E-state index contributed by atoms with van der Waals surface area (Å²) in [5.74, 6) is 1.59. The van der Waals surface area contributed by atoms with Crippen LogP contribution >= 0.6 is 0 Å². The molecule has 1 aliphatic heterocycles. The van der Waals surface area contributed by atoms with E-state index in [-0.39, 0.29) is 5.92 Å². The number of benzene rings is 2. The molecular weight excluding hydrogens is 324 g/mol. The molecule has 134 valence electrons. The summed E-state index contributed by atoms with van der Waals surface area (Å²) < 4.78 is 5.35. The number of methoxy groups -OCH3 is 1. The van der Waals surface area contributed by atoms with Crippen molar-refractivity contribution < 1.29 is 9.84 Å². The Morgan fingerprint density at radius 3 is 2.77 bits per heavy atom. The maximum atomic E-state index is 11.5. The van der Waals surface area contributed by atoms with E-state index in [0.29, 0.717) is 11.5 Å². The molecule has 0 bridgehead atoms. The number of hydrogen-bond donors (Lipinski definition) is 1. The highest BCUT2D eigenvalue weighted by Gasteiger charge is 2.52. The number of hydrogen-bond acceptors (Lipinski definition) is 4. The van der Waals surface area contributed by atoms with Gasteiger partial charge in [-0.3, -0.25) is 4.90 Å². The third-order valence-corrected chi connectivity index (χ3v) is 6.09. The van der Waals surface area contributed by atoms with E-state index in [1.54, 1.807) is 7.11 Å². The molecule has 26 heavy (non-hydrogen) atoms. The molecule has 2 aromatic rings. The maximum absolute atomic E-state index is 11.5. The smallest absolute Gasteiger partial charge is 0.119 e. The fourth-order valence-corrected chi connectivity index (χ4v) is 4.71. The minimum absolute atomic E-state index is 0.257. The Kier molecular flexibility index (Phi) is 4.44. The van der Waals surface area contributed by atoms with Gasteiger partial charge < -0.3 is 9.84 Å². The molecule has 4 nitrogen and oxygen atoms in total. The van der Waals surface area contributed by atoms with Crippen LogP contribution in [0.3, 0.4) is 0 Å². The van der Waals surface area contributed by atoms with Crippen molar-refractivity contribution >= 4 is 0 Å². The van der Waals surface area contributed by atoms with Gasteiger partial charge in [0.05, 0.1) is 24.3 Å². The van der Waals surface area contributed by atoms with Crippen LogP contribution in [0, 0.1) is 23.2 Å². The van der Waals surface area contributed by atoms with Crippen LogP contribution in [-0.2, 0) is 12.1 Å². The second-order valence-corrected chi connectivity index (χ2v) is 7.56. The van der Waals surface area contributed by atoms with E-state index in [2.05, 4.69) is 11.0 Å². The molecule has 1 aliphatic carbocycles. The summed E-state index contributed by atoms with van der Waals surface area (Å²) in [4.78, 5) is 2.43. The predicted octanol–water partition coefficient (Wildman–Crippen LogP) is 3.30. The Labute approximate surface area is 154 Å². The molecule has 1 N–H and O–H groups in total. The van der Waals surface area contributed by atoms with Crippen molar-refractivity contribution in [3.05, 3.63) is 65.2 Å². The lowest BCUT2D eigenvalue weighted by atomic mass is 9.82. The van der Waals surface area contributed by atoms with Crippen molar-refractivity contribution in [1.82, 2.24) is 4.90 Å². The highest BCUT2D eigenvalue weighted by molar-refractivity contribution is 5.35. The molecule has 2 fully saturated rings. The third-order valence-electron chi connectivity index (χ3n) is 6.09. The number of nitrogens with zero attached hydrogens (tertiary/aromatic N) is 2. The van der Waals surface area contributed by atoms with Gasteiger partial charge in [0.2, 0.25) is 0 Å². The van der Waals surface area contributed by atoms with E-state index in [9.17, 15) is 5.11 Å². The first kappa shape index (κ1) is 17.1. The van der Waals surface area contributed by atoms with Crippen LogP contribution < -0.4 is 4.74 Å². The Bertz CT molecular complexity index is 827. The van der Waals surface area contributed by atoms with E-state index in [1.807, 2.05) is 48.5 Å². The van der Waals surface area contributed by atoms with Crippen molar-refractivity contribution in [2.75, 3.05) is 20.2 Å². The van der Waals surface area contributed by atoms with Gasteiger partial charge in [-0.1, -0.05) is 24.3 Å². The number of ether oxygens (including phenoxy) is 1. The zero-order chi connectivity index (χ0) is 18.1. The monoisotopic (exact) mass is 348 g/mol. The first-order valence-corrected chi connectivity index (χ1v) is 9.20. The van der Waals surface area contributed by atoms with Gasteiger partial charge >= 0.3 is 0 Å². The average Bonchev–Trinajstić information content (AvgIpc) is 3.23. The average molecular weight is 348 g/mol. The summed E-state index contributed by atoms with van der Waals surface area (Å²) >= 11 is 0. The van der Waals surface area contributed by atoms with Crippen LogP contribution in [0.1, 0.15) is 29.5 Å². The Morgan fingerprint density at radius 2 is 2.04 bits per heavy atom. The molecule has 1 saturated heterocycles. The van der Waals surface area contributed by atoms with Crippen molar-refractivity contribution in [1.29, 1.82) is 5.26 Å². The zero-order valence-corrected chi connectivity index (χ0v) is 15.1. The number of likely N-dealkylation sites (tertiary alicyclic amines) is 1. The lowest BCUT2D eigenvalue weighted by Gasteiger charge is -2.31. The Morgan fingerprint density at radius 1 is 1.23 bits per heavy atom. The molecule has 0 spiro atoms. The number of rotatable bonds is 4. The van der Waals surface area contributed by atoms with Crippen LogP contribution in [-0.4, -0.2) is 30.2 Å². The van der Waals surface area contributed by atoms with Gasteiger partial charge in [0.1, 0.15) is 5.75 Å². The molecule has 0 aromatic heterocycles. The molecule has 1 heterocycles. The summed E-state index contributed by atoms with van der Waals surface area (Å²) in [7, 11) is 1.66. The van der Waals surface area contributed by atoms with Gasteiger partial charge in [-0.25, -0.2) is 0 Å². The molecular formula is C22H24N2O2. The molecule has 3 atom stereocenters. The van der Waals surface area contributed by atoms with E-state index < -0.39 is 5.60 Å². The Hall–Kier alpha value is -2.35. The zero-order valence-electron chi connectivity index (χ0n) is 15.1. The van der Waals surface area contributed by atoms with Gasteiger partial charge in [-0.2, -0.15) is 5.26 Å². The summed E-state index contributed by atoms with van der Waals surface area (Å²) in [6.45, 7) is 2.79. The lowest BCUT2D eigenvalue weighted by molar-refractivity contribution is -0.00699. The van der Waals surface area contributed by atoms with Crippen molar-refractivity contribution in [3.63, 3.8) is 0 Å². The molecule has 3 unspecified atom stereocenters. The molecule has 4 heteroatoms. The molecule has 2 aliphatic rings. The van der Waals surface area contributed by atoms with Crippen LogP contribution in [0.15, 0.2) is 48.5 Å². The van der Waals surface area contributed by atoms with Crippen molar-refractivity contribution in [3.8, 4) is 11.8 Å². The second kappa shape index (κ2) is 6.75. The van der Waals surface area contributed by atoms with Crippen LogP contribution in [0.5, 0.6) is 5.75 Å². The number of aliphatic hydroxyl groups is 1. The van der Waals surface area contributed by atoms with Crippen LogP contribution in [0.4, 0.5) is 0 Å². The highest BCUT2D eigenvalue weighted by atomic mass is 16.5. The minimum Gasteiger partial charge on any atom is -0.497 e. The van der Waals surface area contributed by atoms with E-state index >= 15 is 0 Å². The predicted molar refractivity (Wildman–Crippen MR) is 99.5 cm³/mol. The standard InChI is InChI=1S/C22H24N2O2/c1-26-20-4-2-3-19(11-20)22(25)10-9-18-14-24(15-21(18)22)13-17-7-5-16(12-23)6-8-17/h2-8,11,18,21,25H,9-10,13-15H2,1H3. The topological polar surface area (TPSA) is 56.5 Å².